The fraction of sp³-hybridized carbons (Fsp3) is 0.158. The molecule has 1 aromatic heterocycles. The number of nitro benzene ring substituents is 1. The van der Waals surface area contributed by atoms with E-state index in [-0.39, 0.29) is 16.8 Å². The number of para-hydroxylation sites is 1. The number of hydrogen-bond donors (Lipinski definition) is 0. The maximum Gasteiger partial charge on any atom is 0.340 e. The van der Waals surface area contributed by atoms with Gasteiger partial charge in [-0.25, -0.2) is 4.79 Å². The first-order valence-electron chi connectivity index (χ1n) is 7.85. The van der Waals surface area contributed by atoms with Crippen molar-refractivity contribution in [3.63, 3.8) is 0 Å². The van der Waals surface area contributed by atoms with E-state index >= 15 is 0 Å². The summed E-state index contributed by atoms with van der Waals surface area (Å²) >= 11 is 0. The third-order valence-electron chi connectivity index (χ3n) is 4.44. The quantitative estimate of drug-likeness (QED) is 0.408. The van der Waals surface area contributed by atoms with Crippen LogP contribution in [0, 0.1) is 24.0 Å². The topological polar surface area (TPSA) is 91.4 Å². The van der Waals surface area contributed by atoms with Crippen molar-refractivity contribution >= 4 is 28.5 Å². The van der Waals surface area contributed by atoms with E-state index in [4.69, 9.17) is 4.74 Å². The number of benzene rings is 2. The molecule has 0 amide bonds. The maximum atomic E-state index is 13.2. The van der Waals surface area contributed by atoms with Crippen LogP contribution in [-0.4, -0.2) is 28.5 Å². The molecule has 1 heterocycles. The third-order valence-corrected chi connectivity index (χ3v) is 4.44. The lowest BCUT2D eigenvalue weighted by Gasteiger charge is -2.10. The van der Waals surface area contributed by atoms with E-state index in [0.29, 0.717) is 22.2 Å². The predicted molar refractivity (Wildman–Crippen MR) is 95.6 cm³/mol. The molecular weight excluding hydrogens is 336 g/mol. The summed E-state index contributed by atoms with van der Waals surface area (Å²) in [6, 6.07) is 11.3. The van der Waals surface area contributed by atoms with Gasteiger partial charge in [0.05, 0.1) is 28.7 Å². The van der Waals surface area contributed by atoms with Crippen molar-refractivity contribution in [2.24, 2.45) is 0 Å². The van der Waals surface area contributed by atoms with Gasteiger partial charge in [-0.3, -0.25) is 19.5 Å². The highest BCUT2D eigenvalue weighted by Crippen LogP contribution is 2.29. The van der Waals surface area contributed by atoms with Crippen molar-refractivity contribution in [1.82, 2.24) is 4.57 Å². The van der Waals surface area contributed by atoms with Gasteiger partial charge in [-0.15, -0.1) is 0 Å². The molecule has 0 spiro atoms. The average molecular weight is 352 g/mol. The third kappa shape index (κ3) is 2.54. The molecule has 0 fully saturated rings. The van der Waals surface area contributed by atoms with Crippen molar-refractivity contribution in [2.75, 3.05) is 7.11 Å². The lowest BCUT2D eigenvalue weighted by molar-refractivity contribution is -0.385. The molecule has 7 nitrogen and oxygen atoms in total. The first-order chi connectivity index (χ1) is 12.4. The summed E-state index contributed by atoms with van der Waals surface area (Å²) in [5, 5.41) is 11.8. The van der Waals surface area contributed by atoms with Crippen molar-refractivity contribution in [2.45, 2.75) is 13.8 Å². The molecule has 26 heavy (non-hydrogen) atoms. The van der Waals surface area contributed by atoms with Gasteiger partial charge in [-0.1, -0.05) is 24.3 Å². The number of fused-ring (bicyclic) bond motifs is 1. The number of esters is 1. The molecule has 0 saturated carbocycles. The van der Waals surface area contributed by atoms with Crippen LogP contribution >= 0.6 is 0 Å². The van der Waals surface area contributed by atoms with Gasteiger partial charge < -0.3 is 4.74 Å². The van der Waals surface area contributed by atoms with Gasteiger partial charge >= 0.3 is 5.97 Å². The number of nitro groups is 1. The number of rotatable bonds is 3. The molecule has 0 atom stereocenters. The molecule has 0 aliphatic heterocycles. The Hall–Kier alpha value is -3.48. The molecule has 0 aliphatic carbocycles. The van der Waals surface area contributed by atoms with Crippen LogP contribution in [0.4, 0.5) is 5.69 Å². The minimum absolute atomic E-state index is 0.127. The van der Waals surface area contributed by atoms with Crippen LogP contribution in [-0.2, 0) is 4.74 Å². The summed E-state index contributed by atoms with van der Waals surface area (Å²) in [4.78, 5) is 36.0. The van der Waals surface area contributed by atoms with Gasteiger partial charge in [0.15, 0.2) is 0 Å². The molecule has 0 bridgehead atoms. The van der Waals surface area contributed by atoms with E-state index in [1.165, 1.54) is 36.8 Å². The number of carbonyl (C=O) groups is 2. The minimum atomic E-state index is -0.541. The smallest absolute Gasteiger partial charge is 0.340 e. The van der Waals surface area contributed by atoms with E-state index < -0.39 is 16.8 Å². The fourth-order valence-corrected chi connectivity index (χ4v) is 3.16. The van der Waals surface area contributed by atoms with E-state index in [2.05, 4.69) is 0 Å². The van der Waals surface area contributed by atoms with Crippen LogP contribution in [0.25, 0.3) is 10.9 Å². The zero-order valence-corrected chi connectivity index (χ0v) is 14.5. The largest absolute Gasteiger partial charge is 0.465 e. The summed E-state index contributed by atoms with van der Waals surface area (Å²) in [6.45, 7) is 3.18. The lowest BCUT2D eigenvalue weighted by atomic mass is 10.1. The summed E-state index contributed by atoms with van der Waals surface area (Å²) in [5.41, 5.74) is 1.63. The number of aromatic nitrogens is 1. The van der Waals surface area contributed by atoms with Crippen LogP contribution in [0.3, 0.4) is 0 Å². The standard InChI is InChI=1S/C19H16N2O5/c1-11-13(8-6-10-15(11)21(24)25)18(22)20-12(2)17(19(23)26-3)14-7-4-5-9-16(14)20/h4-10H,1-3H3. The summed E-state index contributed by atoms with van der Waals surface area (Å²) in [5.74, 6) is -0.976. The molecule has 0 radical (unpaired) electrons. The summed E-state index contributed by atoms with van der Waals surface area (Å²) < 4.78 is 6.24. The highest BCUT2D eigenvalue weighted by molar-refractivity contribution is 6.12. The van der Waals surface area contributed by atoms with Gasteiger partial charge in [0.25, 0.3) is 11.6 Å². The highest BCUT2D eigenvalue weighted by atomic mass is 16.6. The molecule has 0 aliphatic rings. The first kappa shape index (κ1) is 17.3. The number of carbonyl (C=O) groups excluding carboxylic acids is 2. The second-order valence-electron chi connectivity index (χ2n) is 5.82. The van der Waals surface area contributed by atoms with Crippen molar-refractivity contribution < 1.29 is 19.2 Å². The van der Waals surface area contributed by atoms with E-state index in [1.807, 2.05) is 0 Å². The molecule has 3 rings (SSSR count). The first-order valence-corrected chi connectivity index (χ1v) is 7.85. The second kappa shape index (κ2) is 6.44. The SMILES string of the molecule is COC(=O)c1c(C)n(C(=O)c2cccc([N+](=O)[O-])c2C)c2ccccc12. The fourth-order valence-electron chi connectivity index (χ4n) is 3.16. The maximum absolute atomic E-state index is 13.2. The van der Waals surface area contributed by atoms with E-state index in [0.717, 1.165) is 0 Å². The minimum Gasteiger partial charge on any atom is -0.465 e. The monoisotopic (exact) mass is 352 g/mol. The van der Waals surface area contributed by atoms with Gasteiger partial charge in [-0.2, -0.15) is 0 Å². The number of nitrogens with zero attached hydrogens (tertiary/aromatic N) is 2. The van der Waals surface area contributed by atoms with Crippen LogP contribution in [0.5, 0.6) is 0 Å². The predicted octanol–water partition coefficient (Wildman–Crippen LogP) is 3.64. The molecule has 2 aromatic carbocycles. The van der Waals surface area contributed by atoms with Crippen molar-refractivity contribution in [1.29, 1.82) is 0 Å². The Morgan fingerprint density at radius 3 is 2.42 bits per heavy atom. The molecular formula is C19H16N2O5. The van der Waals surface area contributed by atoms with Crippen LogP contribution in [0.1, 0.15) is 32.0 Å². The Labute approximate surface area is 149 Å². The van der Waals surface area contributed by atoms with Gasteiger partial charge in [-0.05, 0) is 26.0 Å². The Kier molecular flexibility index (Phi) is 4.29. The van der Waals surface area contributed by atoms with Crippen LogP contribution in [0.15, 0.2) is 42.5 Å². The second-order valence-corrected chi connectivity index (χ2v) is 5.82. The van der Waals surface area contributed by atoms with Gasteiger partial charge in [0, 0.05) is 22.7 Å². The van der Waals surface area contributed by atoms with Crippen molar-refractivity contribution in [3.05, 3.63) is 75.0 Å². The van der Waals surface area contributed by atoms with Crippen LogP contribution < -0.4 is 0 Å². The summed E-state index contributed by atoms with van der Waals surface area (Å²) in [7, 11) is 1.28. The molecule has 0 saturated heterocycles. The number of methoxy groups -OCH3 is 1. The molecule has 0 unspecified atom stereocenters. The number of ether oxygens (including phenoxy) is 1. The zero-order chi connectivity index (χ0) is 19.0. The Morgan fingerprint density at radius 1 is 1.08 bits per heavy atom. The Bertz CT molecular complexity index is 1070. The normalized spacial score (nSPS) is 10.7. The molecule has 132 valence electrons. The molecule has 3 aromatic rings. The molecule has 0 N–H and O–H groups in total. The average Bonchev–Trinajstić information content (AvgIpc) is 2.92. The van der Waals surface area contributed by atoms with Gasteiger partial charge in [0.2, 0.25) is 0 Å². The molecule has 7 heteroatoms. The Balaban J connectivity index is 2.29. The van der Waals surface area contributed by atoms with Gasteiger partial charge in [0.1, 0.15) is 0 Å². The highest BCUT2D eigenvalue weighted by Gasteiger charge is 2.26. The van der Waals surface area contributed by atoms with Crippen LogP contribution in [0.2, 0.25) is 0 Å². The number of hydrogen-bond acceptors (Lipinski definition) is 5. The van der Waals surface area contributed by atoms with Crippen molar-refractivity contribution in [3.8, 4) is 0 Å². The lowest BCUT2D eigenvalue weighted by Crippen LogP contribution is -2.16. The van der Waals surface area contributed by atoms with E-state index in [9.17, 15) is 19.7 Å². The zero-order valence-electron chi connectivity index (χ0n) is 14.5. The summed E-state index contributed by atoms with van der Waals surface area (Å²) in [6.07, 6.45) is 0. The van der Waals surface area contributed by atoms with E-state index in [1.54, 1.807) is 31.2 Å². The Morgan fingerprint density at radius 2 is 1.77 bits per heavy atom.